The maximum Gasteiger partial charge on any atom is 0.322 e. The maximum absolute atomic E-state index is 13.3. The Morgan fingerprint density at radius 3 is 2.13 bits per heavy atom. The quantitative estimate of drug-likeness (QED) is 0.532. The summed E-state index contributed by atoms with van der Waals surface area (Å²) < 4.78 is 4.99. The molecule has 170 valence electrons. The van der Waals surface area contributed by atoms with E-state index in [9.17, 15) is 9.59 Å². The number of hydrogen-bond donors (Lipinski definition) is 2. The van der Waals surface area contributed by atoms with Crippen LogP contribution in [0.5, 0.6) is 0 Å². The molecule has 2 N–H and O–H groups in total. The summed E-state index contributed by atoms with van der Waals surface area (Å²) in [6, 6.07) is 7.49. The summed E-state index contributed by atoms with van der Waals surface area (Å²) in [6.07, 6.45) is 0.798. The van der Waals surface area contributed by atoms with Crippen molar-refractivity contribution in [2.45, 2.75) is 66.7 Å². The zero-order valence-electron chi connectivity index (χ0n) is 19.8. The van der Waals surface area contributed by atoms with Gasteiger partial charge in [-0.15, -0.1) is 0 Å². The molecule has 2 rings (SSSR count). The minimum Gasteiger partial charge on any atom is -0.360 e. The van der Waals surface area contributed by atoms with Crippen LogP contribution in [-0.2, 0) is 4.79 Å². The average Bonchev–Trinajstić information content (AvgIpc) is 3.09. The number of aromatic nitrogens is 1. The lowest BCUT2D eigenvalue weighted by atomic mass is 9.93. The number of aryl methyl sites for hydroxylation is 1. The van der Waals surface area contributed by atoms with Crippen LogP contribution in [0, 0.1) is 12.8 Å². The van der Waals surface area contributed by atoms with Gasteiger partial charge in [0.25, 0.3) is 0 Å². The van der Waals surface area contributed by atoms with Gasteiger partial charge in [0.05, 0.1) is 0 Å². The van der Waals surface area contributed by atoms with Crippen LogP contribution < -0.4 is 10.6 Å². The molecule has 3 amide bonds. The summed E-state index contributed by atoms with van der Waals surface area (Å²) in [6.45, 7) is 14.8. The predicted octanol–water partition coefficient (Wildman–Crippen LogP) is 5.75. The Labute approximate surface area is 185 Å². The van der Waals surface area contributed by atoms with Gasteiger partial charge in [0.15, 0.2) is 5.82 Å². The van der Waals surface area contributed by atoms with E-state index in [1.807, 2.05) is 18.2 Å². The Balaban J connectivity index is 2.22. The third-order valence-corrected chi connectivity index (χ3v) is 5.10. The molecule has 1 aromatic heterocycles. The molecule has 7 nitrogen and oxygen atoms in total. The molecule has 0 radical (unpaired) electrons. The minimum absolute atomic E-state index is 0.0642. The first kappa shape index (κ1) is 24.4. The summed E-state index contributed by atoms with van der Waals surface area (Å²) in [5.41, 5.74) is 3.02. The molecule has 0 spiro atoms. The first-order valence-electron chi connectivity index (χ1n) is 11.0. The number of para-hydroxylation sites is 1. The monoisotopic (exact) mass is 428 g/mol. The van der Waals surface area contributed by atoms with E-state index in [1.54, 1.807) is 17.9 Å². The molecule has 1 aromatic carbocycles. The van der Waals surface area contributed by atoms with Gasteiger partial charge in [0.1, 0.15) is 12.3 Å². The average molecular weight is 429 g/mol. The van der Waals surface area contributed by atoms with Gasteiger partial charge in [-0.2, -0.15) is 0 Å². The standard InChI is InChI=1S/C24H36N4O3/c1-15(2)11-12-28(14-22(29)25-21-13-18(7)31-27-21)24(30)26-23-19(16(3)4)9-8-10-20(23)17(5)6/h8-10,13,15-17H,11-12,14H2,1-7H3,(H,26,30)(H,25,27,29). The molecule has 31 heavy (non-hydrogen) atoms. The van der Waals surface area contributed by atoms with Crippen molar-refractivity contribution in [2.24, 2.45) is 5.92 Å². The second-order valence-electron chi connectivity index (χ2n) is 9.03. The second-order valence-corrected chi connectivity index (χ2v) is 9.03. The number of anilines is 2. The van der Waals surface area contributed by atoms with Crippen LogP contribution in [0.3, 0.4) is 0 Å². The van der Waals surface area contributed by atoms with Crippen molar-refractivity contribution in [3.63, 3.8) is 0 Å². The smallest absolute Gasteiger partial charge is 0.322 e. The molecular weight excluding hydrogens is 392 g/mol. The van der Waals surface area contributed by atoms with Gasteiger partial charge in [0.2, 0.25) is 5.91 Å². The zero-order chi connectivity index (χ0) is 23.1. The highest BCUT2D eigenvalue weighted by Crippen LogP contribution is 2.32. The summed E-state index contributed by atoms with van der Waals surface area (Å²) in [7, 11) is 0. The molecule has 0 fully saturated rings. The molecule has 0 aliphatic rings. The fraction of sp³-hybridized carbons (Fsp3) is 0.542. The van der Waals surface area contributed by atoms with Crippen LogP contribution in [0.25, 0.3) is 0 Å². The van der Waals surface area contributed by atoms with Gasteiger partial charge in [-0.1, -0.05) is 64.9 Å². The molecule has 0 saturated carbocycles. The molecule has 0 unspecified atom stereocenters. The molecule has 0 saturated heterocycles. The third kappa shape index (κ3) is 7.12. The lowest BCUT2D eigenvalue weighted by Gasteiger charge is -2.26. The number of carbonyl (C=O) groups excluding carboxylic acids is 2. The van der Waals surface area contributed by atoms with Crippen molar-refractivity contribution in [1.82, 2.24) is 10.1 Å². The zero-order valence-corrected chi connectivity index (χ0v) is 19.8. The van der Waals surface area contributed by atoms with Crippen molar-refractivity contribution in [3.8, 4) is 0 Å². The lowest BCUT2D eigenvalue weighted by molar-refractivity contribution is -0.116. The Morgan fingerprint density at radius 1 is 1.03 bits per heavy atom. The number of carbonyl (C=O) groups is 2. The minimum atomic E-state index is -0.312. The normalized spacial score (nSPS) is 11.3. The number of hydrogen-bond acceptors (Lipinski definition) is 4. The summed E-state index contributed by atoms with van der Waals surface area (Å²) >= 11 is 0. The molecular formula is C24H36N4O3. The highest BCUT2D eigenvalue weighted by molar-refractivity contribution is 5.97. The first-order valence-corrected chi connectivity index (χ1v) is 11.0. The Bertz CT molecular complexity index is 860. The maximum atomic E-state index is 13.3. The fourth-order valence-corrected chi connectivity index (χ4v) is 3.33. The van der Waals surface area contributed by atoms with Crippen LogP contribution in [0.2, 0.25) is 0 Å². The van der Waals surface area contributed by atoms with Crippen LogP contribution in [0.1, 0.15) is 76.7 Å². The van der Waals surface area contributed by atoms with Crippen molar-refractivity contribution < 1.29 is 14.1 Å². The third-order valence-electron chi connectivity index (χ3n) is 5.10. The number of urea groups is 1. The molecule has 1 heterocycles. The summed E-state index contributed by atoms with van der Waals surface area (Å²) in [5.74, 6) is 1.57. The second kappa shape index (κ2) is 11.0. The van der Waals surface area contributed by atoms with Gasteiger partial charge in [-0.05, 0) is 42.2 Å². The van der Waals surface area contributed by atoms with Crippen molar-refractivity contribution in [2.75, 3.05) is 23.7 Å². The molecule has 7 heteroatoms. The van der Waals surface area contributed by atoms with E-state index in [0.717, 1.165) is 23.2 Å². The molecule has 0 bridgehead atoms. The highest BCUT2D eigenvalue weighted by atomic mass is 16.5. The molecule has 2 aromatic rings. The van der Waals surface area contributed by atoms with E-state index in [1.165, 1.54) is 0 Å². The Kier molecular flexibility index (Phi) is 8.65. The van der Waals surface area contributed by atoms with Crippen LogP contribution in [-0.4, -0.2) is 35.1 Å². The molecule has 0 aliphatic heterocycles. The van der Waals surface area contributed by atoms with Crippen molar-refractivity contribution in [3.05, 3.63) is 41.2 Å². The molecule has 0 atom stereocenters. The van der Waals surface area contributed by atoms with E-state index < -0.39 is 0 Å². The highest BCUT2D eigenvalue weighted by Gasteiger charge is 2.22. The van der Waals surface area contributed by atoms with Crippen LogP contribution in [0.15, 0.2) is 28.8 Å². The summed E-state index contributed by atoms with van der Waals surface area (Å²) in [5, 5.41) is 9.59. The molecule has 0 aliphatic carbocycles. The lowest BCUT2D eigenvalue weighted by Crippen LogP contribution is -2.42. The number of amides is 3. The van der Waals surface area contributed by atoms with Crippen molar-refractivity contribution >= 4 is 23.4 Å². The summed E-state index contributed by atoms with van der Waals surface area (Å²) in [4.78, 5) is 27.4. The number of benzene rings is 1. The largest absolute Gasteiger partial charge is 0.360 e. The van der Waals surface area contributed by atoms with Crippen LogP contribution in [0.4, 0.5) is 16.3 Å². The van der Waals surface area contributed by atoms with Gasteiger partial charge >= 0.3 is 6.03 Å². The Hall–Kier alpha value is -2.83. The van der Waals surface area contributed by atoms with E-state index in [4.69, 9.17) is 4.52 Å². The van der Waals surface area contributed by atoms with Gasteiger partial charge in [0, 0.05) is 18.3 Å². The van der Waals surface area contributed by atoms with Crippen LogP contribution >= 0.6 is 0 Å². The van der Waals surface area contributed by atoms with E-state index in [-0.39, 0.29) is 30.3 Å². The fourth-order valence-electron chi connectivity index (χ4n) is 3.33. The topological polar surface area (TPSA) is 87.5 Å². The van der Waals surface area contributed by atoms with Gasteiger partial charge < -0.3 is 20.1 Å². The Morgan fingerprint density at radius 2 is 1.65 bits per heavy atom. The SMILES string of the molecule is Cc1cc(NC(=O)CN(CCC(C)C)C(=O)Nc2c(C(C)C)cccc2C(C)C)no1. The van der Waals surface area contributed by atoms with Crippen molar-refractivity contribution in [1.29, 1.82) is 0 Å². The number of rotatable bonds is 9. The number of nitrogens with one attached hydrogen (secondary N) is 2. The first-order chi connectivity index (χ1) is 14.6. The predicted molar refractivity (Wildman–Crippen MR) is 125 cm³/mol. The van der Waals surface area contributed by atoms with E-state index >= 15 is 0 Å². The van der Waals surface area contributed by atoms with Gasteiger partial charge in [-0.3, -0.25) is 4.79 Å². The van der Waals surface area contributed by atoms with E-state index in [2.05, 4.69) is 57.3 Å². The van der Waals surface area contributed by atoms with E-state index in [0.29, 0.717) is 24.0 Å². The van der Waals surface area contributed by atoms with Gasteiger partial charge in [-0.25, -0.2) is 4.79 Å². The number of nitrogens with zero attached hydrogens (tertiary/aromatic N) is 2.